The number of carboxylic acids is 1. The van der Waals surface area contributed by atoms with Gasteiger partial charge in [0.25, 0.3) is 0 Å². The van der Waals surface area contributed by atoms with Crippen molar-refractivity contribution in [2.45, 2.75) is 13.3 Å². The molecule has 156 valence electrons. The van der Waals surface area contributed by atoms with E-state index in [1.807, 2.05) is 13.0 Å². The molecular formula is C21H19N2O6S-. The number of aromatic carboxylic acids is 1. The Kier molecular flexibility index (Phi) is 6.65. The largest absolute Gasteiger partial charge is 0.755 e. The van der Waals surface area contributed by atoms with Crippen LogP contribution in [0, 0.1) is 0 Å². The quantitative estimate of drug-likeness (QED) is 0.523. The lowest BCUT2D eigenvalue weighted by molar-refractivity contribution is 0.0693. The molecule has 0 saturated carbocycles. The summed E-state index contributed by atoms with van der Waals surface area (Å²) in [6.45, 7) is 2.48. The van der Waals surface area contributed by atoms with E-state index in [9.17, 15) is 18.7 Å². The minimum atomic E-state index is -2.73. The number of aromatic nitrogens is 1. The van der Waals surface area contributed by atoms with Crippen molar-refractivity contribution in [1.82, 2.24) is 4.98 Å². The highest BCUT2D eigenvalue weighted by Gasteiger charge is 2.17. The Hall–Kier alpha value is -3.43. The molecule has 0 radical (unpaired) electrons. The van der Waals surface area contributed by atoms with Crippen LogP contribution in [0.4, 0.5) is 11.4 Å². The molecular weight excluding hydrogens is 408 g/mol. The number of hydrogen-bond donors (Lipinski definition) is 2. The van der Waals surface area contributed by atoms with Crippen LogP contribution in [0.25, 0.3) is 11.1 Å². The van der Waals surface area contributed by atoms with E-state index in [4.69, 9.17) is 9.84 Å². The van der Waals surface area contributed by atoms with Crippen molar-refractivity contribution in [2.24, 2.45) is 0 Å². The van der Waals surface area contributed by atoms with Gasteiger partial charge in [-0.15, -0.1) is 0 Å². The molecule has 3 aromatic rings. The van der Waals surface area contributed by atoms with Crippen LogP contribution in [0.3, 0.4) is 0 Å². The second-order valence-electron chi connectivity index (χ2n) is 6.27. The van der Waals surface area contributed by atoms with Crippen molar-refractivity contribution in [1.29, 1.82) is 0 Å². The number of ether oxygens (including phenoxy) is 1. The third-order valence-corrected chi connectivity index (χ3v) is 4.92. The molecule has 0 fully saturated rings. The van der Waals surface area contributed by atoms with Crippen LogP contribution in [0.2, 0.25) is 0 Å². The van der Waals surface area contributed by atoms with Gasteiger partial charge in [0.1, 0.15) is 11.3 Å². The zero-order chi connectivity index (χ0) is 21.7. The Morgan fingerprint density at radius 3 is 2.60 bits per heavy atom. The number of aromatic hydroxyl groups is 1. The van der Waals surface area contributed by atoms with Crippen LogP contribution in [0.1, 0.15) is 23.7 Å². The molecule has 9 heteroatoms. The summed E-state index contributed by atoms with van der Waals surface area (Å²) in [5.74, 6) is -1.41. The first-order valence-electron chi connectivity index (χ1n) is 9.06. The molecule has 2 N–H and O–H groups in total. The molecule has 0 saturated heterocycles. The van der Waals surface area contributed by atoms with Crippen LogP contribution < -0.4 is 9.04 Å². The standard InChI is InChI=1S/C21H20N2O6S/c1-2-11-29-20-17(7-4-10-22-20)14-5-3-6-15(12-14)23(30(27)28)16-8-9-18(21(25)26)19(24)13-16/h3-10,12-13,24H,2,11H2,1H3,(H,25,26)(H,27,28)/p-1. The number of carbonyl (C=O) groups is 1. The first-order chi connectivity index (χ1) is 14.4. The SMILES string of the molecule is CCCOc1ncccc1-c1cccc(N(c2ccc(C(=O)O)c(O)c2)S(=O)[O-])c1. The fraction of sp³-hybridized carbons (Fsp3) is 0.143. The van der Waals surface area contributed by atoms with Gasteiger partial charge in [-0.05, 0) is 48.4 Å². The van der Waals surface area contributed by atoms with E-state index in [1.165, 1.54) is 6.07 Å². The van der Waals surface area contributed by atoms with E-state index >= 15 is 0 Å². The third-order valence-electron chi connectivity index (χ3n) is 4.20. The summed E-state index contributed by atoms with van der Waals surface area (Å²) >= 11 is -2.73. The topological polar surface area (TPSA) is 123 Å². The summed E-state index contributed by atoms with van der Waals surface area (Å²) < 4.78 is 30.6. The maximum atomic E-state index is 12.0. The number of pyridine rings is 1. The Labute approximate surface area is 175 Å². The van der Waals surface area contributed by atoms with E-state index in [0.717, 1.165) is 22.9 Å². The number of nitrogens with zero attached hydrogens (tertiary/aromatic N) is 2. The van der Waals surface area contributed by atoms with Gasteiger partial charge in [0.2, 0.25) is 5.88 Å². The number of carboxylic acid groups (broad SMARTS) is 1. The van der Waals surface area contributed by atoms with Crippen molar-refractivity contribution < 1.29 is 28.5 Å². The van der Waals surface area contributed by atoms with E-state index in [2.05, 4.69) is 4.98 Å². The summed E-state index contributed by atoms with van der Waals surface area (Å²) in [7, 11) is 0. The lowest BCUT2D eigenvalue weighted by Crippen LogP contribution is -2.19. The van der Waals surface area contributed by atoms with Crippen molar-refractivity contribution in [3.8, 4) is 22.8 Å². The smallest absolute Gasteiger partial charge is 0.339 e. The molecule has 0 bridgehead atoms. The van der Waals surface area contributed by atoms with Gasteiger partial charge in [-0.2, -0.15) is 0 Å². The van der Waals surface area contributed by atoms with Crippen molar-refractivity contribution in [3.05, 3.63) is 66.4 Å². The zero-order valence-electron chi connectivity index (χ0n) is 16.0. The monoisotopic (exact) mass is 427 g/mol. The molecule has 1 aromatic heterocycles. The van der Waals surface area contributed by atoms with Crippen LogP contribution in [0.15, 0.2) is 60.8 Å². The summed E-state index contributed by atoms with van der Waals surface area (Å²) in [5.41, 5.74) is 1.46. The second-order valence-corrected chi connectivity index (χ2v) is 7.07. The van der Waals surface area contributed by atoms with Crippen LogP contribution in [-0.2, 0) is 11.3 Å². The van der Waals surface area contributed by atoms with Gasteiger partial charge in [0.15, 0.2) is 0 Å². The van der Waals surface area contributed by atoms with Gasteiger partial charge in [-0.25, -0.2) is 9.78 Å². The Balaban J connectivity index is 2.04. The summed E-state index contributed by atoms with van der Waals surface area (Å²) in [6.07, 6.45) is 2.43. The van der Waals surface area contributed by atoms with E-state index < -0.39 is 23.0 Å². The molecule has 0 amide bonds. The van der Waals surface area contributed by atoms with Crippen molar-refractivity contribution in [2.75, 3.05) is 10.9 Å². The number of phenols is 1. The highest BCUT2D eigenvalue weighted by Crippen LogP contribution is 2.35. The van der Waals surface area contributed by atoms with Gasteiger partial charge < -0.3 is 19.5 Å². The molecule has 0 spiro atoms. The van der Waals surface area contributed by atoms with Gasteiger partial charge in [-0.3, -0.25) is 8.51 Å². The molecule has 2 aromatic carbocycles. The lowest BCUT2D eigenvalue weighted by Gasteiger charge is -2.27. The first kappa shape index (κ1) is 21.3. The average molecular weight is 427 g/mol. The molecule has 30 heavy (non-hydrogen) atoms. The van der Waals surface area contributed by atoms with Crippen LogP contribution >= 0.6 is 0 Å². The maximum absolute atomic E-state index is 12.0. The van der Waals surface area contributed by atoms with Gasteiger partial charge in [0.05, 0.1) is 29.2 Å². The molecule has 3 rings (SSSR count). The predicted molar refractivity (Wildman–Crippen MR) is 112 cm³/mol. The van der Waals surface area contributed by atoms with Gasteiger partial charge >= 0.3 is 5.97 Å². The van der Waals surface area contributed by atoms with Gasteiger partial charge in [-0.1, -0.05) is 19.1 Å². The second kappa shape index (κ2) is 9.38. The molecule has 0 aliphatic rings. The van der Waals surface area contributed by atoms with Gasteiger partial charge in [0, 0.05) is 17.8 Å². The van der Waals surface area contributed by atoms with Crippen LogP contribution in [-0.4, -0.2) is 36.5 Å². The van der Waals surface area contributed by atoms with Crippen molar-refractivity contribution >= 4 is 28.6 Å². The molecule has 0 aliphatic heterocycles. The van der Waals surface area contributed by atoms with E-state index in [1.54, 1.807) is 36.5 Å². The highest BCUT2D eigenvalue weighted by molar-refractivity contribution is 7.81. The molecule has 1 heterocycles. The molecule has 1 unspecified atom stereocenters. The minimum absolute atomic E-state index is 0.0941. The lowest BCUT2D eigenvalue weighted by atomic mass is 10.1. The fourth-order valence-corrected chi connectivity index (χ4v) is 3.44. The molecule has 1 atom stereocenters. The normalized spacial score (nSPS) is 11.7. The number of hydrogen-bond acceptors (Lipinski definition) is 6. The molecule has 8 nitrogen and oxygen atoms in total. The zero-order valence-corrected chi connectivity index (χ0v) is 16.8. The van der Waals surface area contributed by atoms with Crippen molar-refractivity contribution in [3.63, 3.8) is 0 Å². The van der Waals surface area contributed by atoms with Crippen LogP contribution in [0.5, 0.6) is 11.6 Å². The summed E-state index contributed by atoms with van der Waals surface area (Å²) in [6, 6.07) is 13.9. The number of anilines is 2. The average Bonchev–Trinajstić information content (AvgIpc) is 2.72. The summed E-state index contributed by atoms with van der Waals surface area (Å²) in [5, 5.41) is 19.0. The highest BCUT2D eigenvalue weighted by atomic mass is 32.2. The number of benzene rings is 2. The molecule has 0 aliphatic carbocycles. The maximum Gasteiger partial charge on any atom is 0.339 e. The minimum Gasteiger partial charge on any atom is -0.755 e. The fourth-order valence-electron chi connectivity index (χ4n) is 2.87. The third kappa shape index (κ3) is 4.58. The number of rotatable bonds is 8. The first-order valence-corrected chi connectivity index (χ1v) is 10.1. The summed E-state index contributed by atoms with van der Waals surface area (Å²) in [4.78, 5) is 15.4. The Morgan fingerprint density at radius 2 is 1.93 bits per heavy atom. The predicted octanol–water partition coefficient (Wildman–Crippen LogP) is 3.87. The Bertz CT molecular complexity index is 1090. The van der Waals surface area contributed by atoms with E-state index in [0.29, 0.717) is 29.3 Å². The Morgan fingerprint density at radius 1 is 1.17 bits per heavy atom. The van der Waals surface area contributed by atoms with E-state index in [-0.39, 0.29) is 11.3 Å².